The molecule has 0 saturated carbocycles. The average Bonchev–Trinajstić information content (AvgIpc) is 2.91. The van der Waals surface area contributed by atoms with Crippen molar-refractivity contribution in [1.29, 1.82) is 0 Å². The number of aryl methyl sites for hydroxylation is 1. The number of urea groups is 1. The molecule has 3 amide bonds. The number of likely N-dealkylation sites (tertiary alicyclic amines) is 1. The summed E-state index contributed by atoms with van der Waals surface area (Å²) in [7, 11) is 3.08. The highest BCUT2D eigenvalue weighted by Gasteiger charge is 2.31. The Labute approximate surface area is 229 Å². The third-order valence-electron chi connectivity index (χ3n) is 7.00. The van der Waals surface area contributed by atoms with Crippen molar-refractivity contribution in [3.05, 3.63) is 48.0 Å². The van der Waals surface area contributed by atoms with Gasteiger partial charge in [-0.15, -0.1) is 0 Å². The molecule has 3 rings (SSSR count). The summed E-state index contributed by atoms with van der Waals surface area (Å²) in [5, 5.41) is 2.68. The van der Waals surface area contributed by atoms with Gasteiger partial charge in [-0.05, 0) is 50.6 Å². The Bertz CT molecular complexity index is 1160. The summed E-state index contributed by atoms with van der Waals surface area (Å²) in [5.41, 5.74) is 2.76. The van der Waals surface area contributed by atoms with Gasteiger partial charge in [-0.3, -0.25) is 19.4 Å². The molecule has 0 spiro atoms. The van der Waals surface area contributed by atoms with Crippen LogP contribution in [0.1, 0.15) is 32.3 Å². The van der Waals surface area contributed by atoms with Crippen LogP contribution in [0.2, 0.25) is 0 Å². The number of benzene rings is 2. The molecule has 1 aliphatic rings. The van der Waals surface area contributed by atoms with E-state index in [0.717, 1.165) is 5.56 Å². The quantitative estimate of drug-likeness (QED) is 0.446. The Morgan fingerprint density at radius 2 is 1.90 bits per heavy atom. The molecule has 1 N–H and O–H groups in total. The molecule has 0 bridgehead atoms. The number of piperidine rings is 1. The second-order valence-corrected chi connectivity index (χ2v) is 9.58. The van der Waals surface area contributed by atoms with Crippen molar-refractivity contribution in [3.63, 3.8) is 0 Å². The molecule has 2 unspecified atom stereocenters. The molecule has 0 aromatic heterocycles. The predicted octanol–water partition coefficient (Wildman–Crippen LogP) is 4.45. The van der Waals surface area contributed by atoms with Crippen LogP contribution in [-0.4, -0.2) is 75.9 Å². The number of carbonyl (C=O) groups is 3. The number of hydrogen-bond donors (Lipinski definition) is 1. The third kappa shape index (κ3) is 7.47. The van der Waals surface area contributed by atoms with E-state index in [-0.39, 0.29) is 43.4 Å². The Hall–Kier alpha value is -3.66. The molecular formula is C29H39FN4O5. The molecule has 212 valence electrons. The number of rotatable bonds is 10. The number of carbonyl (C=O) groups excluding carboxylic acids is 3. The number of esters is 1. The largest absolute Gasteiger partial charge is 0.494 e. The maximum Gasteiger partial charge on any atom is 0.326 e. The number of para-hydroxylation sites is 1. The van der Waals surface area contributed by atoms with Crippen molar-refractivity contribution in [1.82, 2.24) is 10.2 Å². The average molecular weight is 543 g/mol. The second-order valence-electron chi connectivity index (χ2n) is 9.58. The molecule has 0 radical (unpaired) electrons. The minimum atomic E-state index is -1.13. The minimum absolute atomic E-state index is 0.0874. The van der Waals surface area contributed by atoms with Gasteiger partial charge in [0.1, 0.15) is 11.9 Å². The van der Waals surface area contributed by atoms with E-state index in [1.54, 1.807) is 37.1 Å². The van der Waals surface area contributed by atoms with Crippen LogP contribution in [0.25, 0.3) is 0 Å². The van der Waals surface area contributed by atoms with E-state index in [1.165, 1.54) is 18.9 Å². The van der Waals surface area contributed by atoms with Gasteiger partial charge in [-0.25, -0.2) is 9.18 Å². The third-order valence-corrected chi connectivity index (χ3v) is 7.00. The van der Waals surface area contributed by atoms with Gasteiger partial charge < -0.3 is 19.7 Å². The van der Waals surface area contributed by atoms with Crippen LogP contribution in [0.3, 0.4) is 0 Å². The summed E-state index contributed by atoms with van der Waals surface area (Å²) in [4.78, 5) is 42.4. The number of ether oxygens (including phenoxy) is 2. The summed E-state index contributed by atoms with van der Waals surface area (Å²) in [6.45, 7) is 7.09. The molecule has 2 aromatic carbocycles. The van der Waals surface area contributed by atoms with Crippen LogP contribution in [0.4, 0.5) is 26.2 Å². The number of nitrogens with zero attached hydrogens (tertiary/aromatic N) is 3. The molecule has 9 nitrogen and oxygen atoms in total. The van der Waals surface area contributed by atoms with Crippen molar-refractivity contribution in [3.8, 4) is 5.75 Å². The van der Waals surface area contributed by atoms with Crippen molar-refractivity contribution in [2.75, 3.05) is 56.7 Å². The lowest BCUT2D eigenvalue weighted by Crippen LogP contribution is -2.46. The van der Waals surface area contributed by atoms with Crippen LogP contribution in [-0.2, 0) is 14.3 Å². The maximum absolute atomic E-state index is 14.8. The highest BCUT2D eigenvalue weighted by Crippen LogP contribution is 2.38. The Balaban J connectivity index is 1.76. The van der Waals surface area contributed by atoms with E-state index < -0.39 is 6.17 Å². The number of halogens is 1. The van der Waals surface area contributed by atoms with Gasteiger partial charge in [0.15, 0.2) is 0 Å². The zero-order valence-electron chi connectivity index (χ0n) is 23.4. The molecule has 1 fully saturated rings. The van der Waals surface area contributed by atoms with Crippen molar-refractivity contribution in [2.24, 2.45) is 5.92 Å². The summed E-state index contributed by atoms with van der Waals surface area (Å²) >= 11 is 0. The van der Waals surface area contributed by atoms with Crippen LogP contribution in [0, 0.1) is 12.8 Å². The van der Waals surface area contributed by atoms with Gasteiger partial charge in [0.25, 0.3) is 0 Å². The van der Waals surface area contributed by atoms with Crippen molar-refractivity contribution < 1.29 is 28.2 Å². The van der Waals surface area contributed by atoms with E-state index in [1.807, 2.05) is 36.1 Å². The Kier molecular flexibility index (Phi) is 10.7. The molecule has 10 heteroatoms. The zero-order valence-corrected chi connectivity index (χ0v) is 23.4. The summed E-state index contributed by atoms with van der Waals surface area (Å²) in [6.07, 6.45) is -0.494. The first-order valence-corrected chi connectivity index (χ1v) is 13.3. The monoisotopic (exact) mass is 542 g/mol. The number of hydrogen-bond acceptors (Lipinski definition) is 6. The van der Waals surface area contributed by atoms with Crippen molar-refractivity contribution >= 4 is 35.0 Å². The molecule has 1 heterocycles. The van der Waals surface area contributed by atoms with Crippen LogP contribution in [0.15, 0.2) is 42.5 Å². The fraction of sp³-hybridized carbons (Fsp3) is 0.483. The van der Waals surface area contributed by atoms with E-state index in [2.05, 4.69) is 5.32 Å². The van der Waals surface area contributed by atoms with E-state index in [9.17, 15) is 18.8 Å². The fourth-order valence-electron chi connectivity index (χ4n) is 4.89. The predicted molar refractivity (Wildman–Crippen MR) is 149 cm³/mol. The first kappa shape index (κ1) is 29.9. The van der Waals surface area contributed by atoms with Gasteiger partial charge in [-0.1, -0.05) is 18.2 Å². The number of amides is 3. The number of methoxy groups -OCH3 is 1. The molecule has 1 saturated heterocycles. The molecule has 0 aliphatic carbocycles. The van der Waals surface area contributed by atoms with E-state index in [0.29, 0.717) is 48.9 Å². The second kappa shape index (κ2) is 13.9. The van der Waals surface area contributed by atoms with E-state index in [4.69, 9.17) is 9.47 Å². The van der Waals surface area contributed by atoms with Crippen LogP contribution >= 0.6 is 0 Å². The molecular weight excluding hydrogens is 503 g/mol. The molecule has 1 aliphatic heterocycles. The fourth-order valence-corrected chi connectivity index (χ4v) is 4.89. The normalized spacial score (nSPS) is 17.3. The molecule has 2 aromatic rings. The summed E-state index contributed by atoms with van der Waals surface area (Å²) in [6, 6.07) is 12.5. The maximum atomic E-state index is 14.8. The number of nitrogens with one attached hydrogen (secondary N) is 1. The van der Waals surface area contributed by atoms with Crippen molar-refractivity contribution in [2.45, 2.75) is 39.8 Å². The smallest absolute Gasteiger partial charge is 0.326 e. The van der Waals surface area contributed by atoms with E-state index >= 15 is 0 Å². The molecule has 39 heavy (non-hydrogen) atoms. The van der Waals surface area contributed by atoms with Gasteiger partial charge in [0.05, 0.1) is 31.5 Å². The highest BCUT2D eigenvalue weighted by atomic mass is 19.1. The highest BCUT2D eigenvalue weighted by molar-refractivity contribution is 6.02. The minimum Gasteiger partial charge on any atom is -0.494 e. The first-order chi connectivity index (χ1) is 18.7. The lowest BCUT2D eigenvalue weighted by molar-refractivity contribution is -0.145. The summed E-state index contributed by atoms with van der Waals surface area (Å²) in [5.74, 6) is -0.455. The van der Waals surface area contributed by atoms with Gasteiger partial charge in [0.2, 0.25) is 5.91 Å². The SMILES string of the molecule is CCOC(=O)CC1CCN(CCN(C(C)=O)c2ccc(N(C(=O)NC)c3ccccc3C)c(OC)c2)CC1F. The first-order valence-electron chi connectivity index (χ1n) is 13.3. The topological polar surface area (TPSA) is 91.4 Å². The summed E-state index contributed by atoms with van der Waals surface area (Å²) < 4.78 is 25.4. The van der Waals surface area contributed by atoms with Gasteiger partial charge in [-0.2, -0.15) is 0 Å². The van der Waals surface area contributed by atoms with Crippen LogP contribution < -0.4 is 19.9 Å². The lowest BCUT2D eigenvalue weighted by atomic mass is 9.92. The number of alkyl halides is 1. The Morgan fingerprint density at radius 1 is 1.15 bits per heavy atom. The van der Waals surface area contributed by atoms with Gasteiger partial charge in [0, 0.05) is 51.3 Å². The lowest BCUT2D eigenvalue weighted by Gasteiger charge is -2.35. The standard InChI is InChI=1S/C29H39FN4O5/c1-6-39-28(36)17-22-13-14-32(19-24(22)30)15-16-33(21(3)35)23-11-12-26(27(18-23)38-5)34(29(37)31-4)25-10-8-7-9-20(25)2/h7-12,18,22,24H,6,13-17,19H2,1-5H3,(H,31,37). The molecule has 2 atom stereocenters. The Morgan fingerprint density at radius 3 is 2.51 bits per heavy atom. The number of anilines is 3. The zero-order chi connectivity index (χ0) is 28.5. The van der Waals surface area contributed by atoms with Gasteiger partial charge >= 0.3 is 12.0 Å². The van der Waals surface area contributed by atoms with Crippen LogP contribution in [0.5, 0.6) is 5.75 Å².